The van der Waals surface area contributed by atoms with Gasteiger partial charge in [-0.05, 0) is 24.4 Å². The van der Waals surface area contributed by atoms with Crippen LogP contribution >= 0.6 is 12.2 Å². The van der Waals surface area contributed by atoms with Crippen LogP contribution in [-0.2, 0) is 11.3 Å². The largest absolute Gasteiger partial charge is 0.448 e. The number of ether oxygens (including phenoxy) is 1. The van der Waals surface area contributed by atoms with E-state index in [2.05, 4.69) is 14.7 Å². The van der Waals surface area contributed by atoms with Crippen LogP contribution in [0.15, 0.2) is 18.3 Å². The van der Waals surface area contributed by atoms with Gasteiger partial charge in [0.15, 0.2) is 10.4 Å². The molecule has 7 heteroatoms. The number of carbonyl (C=O) groups is 1. The molecule has 0 unspecified atom stereocenters. The van der Waals surface area contributed by atoms with Gasteiger partial charge in [0.2, 0.25) is 0 Å². The molecule has 0 saturated heterocycles. The van der Waals surface area contributed by atoms with Gasteiger partial charge in [-0.1, -0.05) is 0 Å². The third-order valence-electron chi connectivity index (χ3n) is 2.09. The zero-order chi connectivity index (χ0) is 11.5. The lowest BCUT2D eigenvalue weighted by atomic mass is 10.4. The summed E-state index contributed by atoms with van der Waals surface area (Å²) in [6, 6.07) is 3.70. The van der Waals surface area contributed by atoms with E-state index in [1.807, 2.05) is 12.1 Å². The molecule has 0 aromatic carbocycles. The Morgan fingerprint density at radius 3 is 3.25 bits per heavy atom. The van der Waals surface area contributed by atoms with Crippen molar-refractivity contribution in [3.8, 4) is 0 Å². The van der Waals surface area contributed by atoms with Crippen LogP contribution in [0.5, 0.6) is 0 Å². The van der Waals surface area contributed by atoms with Gasteiger partial charge in [0.25, 0.3) is 0 Å². The summed E-state index contributed by atoms with van der Waals surface area (Å²) >= 11 is 5.13. The van der Waals surface area contributed by atoms with E-state index >= 15 is 0 Å². The molecule has 84 valence electrons. The molecule has 16 heavy (non-hydrogen) atoms. The van der Waals surface area contributed by atoms with Crippen LogP contribution in [0.3, 0.4) is 0 Å². The first-order chi connectivity index (χ1) is 7.68. The highest BCUT2D eigenvalue weighted by Crippen LogP contribution is 2.10. The summed E-state index contributed by atoms with van der Waals surface area (Å²) in [5.41, 5.74) is 6.45. The van der Waals surface area contributed by atoms with Gasteiger partial charge in [0.05, 0.1) is 12.1 Å². The first-order valence-corrected chi connectivity index (χ1v) is 5.05. The molecule has 3 N–H and O–H groups in total. The second kappa shape index (κ2) is 4.31. The first kappa shape index (κ1) is 10.6. The normalized spacial score (nSPS) is 10.5. The van der Waals surface area contributed by atoms with E-state index in [1.54, 1.807) is 10.8 Å². The topological polar surface area (TPSA) is 85.9 Å². The maximum Gasteiger partial charge on any atom is 0.404 e. The minimum atomic E-state index is -0.792. The van der Waals surface area contributed by atoms with Crippen LogP contribution in [0.4, 0.5) is 4.79 Å². The molecule has 0 aliphatic heterocycles. The summed E-state index contributed by atoms with van der Waals surface area (Å²) in [5.74, 6) is 0. The Kier molecular flexibility index (Phi) is 2.86. The lowest BCUT2D eigenvalue weighted by Gasteiger charge is -2.03. The predicted octanol–water partition coefficient (Wildman–Crippen LogP) is 1.19. The molecule has 0 atom stereocenters. The zero-order valence-corrected chi connectivity index (χ0v) is 9.16. The molecule has 0 aliphatic rings. The smallest absolute Gasteiger partial charge is 0.404 e. The summed E-state index contributed by atoms with van der Waals surface area (Å²) < 4.78 is 6.95. The first-order valence-electron chi connectivity index (χ1n) is 4.64. The van der Waals surface area contributed by atoms with Gasteiger partial charge >= 0.3 is 6.09 Å². The average Bonchev–Trinajstić information content (AvgIpc) is 2.55. The molecule has 0 saturated carbocycles. The highest BCUT2D eigenvalue weighted by atomic mass is 32.1. The van der Waals surface area contributed by atoms with Crippen LogP contribution < -0.4 is 5.73 Å². The number of H-pyrrole nitrogens is 1. The molecule has 0 spiro atoms. The van der Waals surface area contributed by atoms with E-state index < -0.39 is 6.09 Å². The number of nitrogens with one attached hydrogen (secondary N) is 1. The Labute approximate surface area is 96.0 Å². The van der Waals surface area contributed by atoms with Gasteiger partial charge in [-0.15, -0.1) is 0 Å². The molecule has 6 nitrogen and oxygen atoms in total. The Hall–Kier alpha value is -1.89. The molecule has 2 heterocycles. The molecule has 2 aromatic rings. The standard InChI is InChI=1S/C9H10N4O2S/c10-8(14)15-5-4-13-7-6(12-9(13)16)2-1-3-11-7/h1-3H,4-5H2,(H2,10,14)(H,12,16). The number of fused-ring (bicyclic) bond motifs is 1. The molecular weight excluding hydrogens is 228 g/mol. The zero-order valence-electron chi connectivity index (χ0n) is 8.34. The number of aromatic amines is 1. The Bertz CT molecular complexity index is 574. The van der Waals surface area contributed by atoms with Crippen LogP contribution in [0.1, 0.15) is 0 Å². The number of pyridine rings is 1. The number of amides is 1. The molecular formula is C9H10N4O2S. The Balaban J connectivity index is 2.26. The van der Waals surface area contributed by atoms with Gasteiger partial charge in [-0.25, -0.2) is 9.78 Å². The van der Waals surface area contributed by atoms with Crippen LogP contribution in [0.2, 0.25) is 0 Å². The van der Waals surface area contributed by atoms with Gasteiger partial charge in [-0.3, -0.25) is 4.57 Å². The van der Waals surface area contributed by atoms with Crippen molar-refractivity contribution in [1.29, 1.82) is 0 Å². The highest BCUT2D eigenvalue weighted by molar-refractivity contribution is 7.71. The molecule has 2 aromatic heterocycles. The molecule has 0 radical (unpaired) electrons. The van der Waals surface area contributed by atoms with Gasteiger partial charge in [-0.2, -0.15) is 0 Å². The van der Waals surface area contributed by atoms with Gasteiger partial charge < -0.3 is 15.5 Å². The summed E-state index contributed by atoms with van der Waals surface area (Å²) in [6.07, 6.45) is 0.885. The number of hydrogen-bond donors (Lipinski definition) is 2. The van der Waals surface area contributed by atoms with Crippen molar-refractivity contribution in [1.82, 2.24) is 14.5 Å². The van der Waals surface area contributed by atoms with E-state index in [4.69, 9.17) is 18.0 Å². The van der Waals surface area contributed by atoms with Crippen LogP contribution in [-0.4, -0.2) is 27.2 Å². The number of imidazole rings is 1. The fourth-order valence-electron chi connectivity index (χ4n) is 1.43. The Morgan fingerprint density at radius 1 is 1.69 bits per heavy atom. The van der Waals surface area contributed by atoms with Crippen molar-refractivity contribution in [2.75, 3.05) is 6.61 Å². The summed E-state index contributed by atoms with van der Waals surface area (Å²) in [7, 11) is 0. The number of hydrogen-bond acceptors (Lipinski definition) is 4. The number of nitrogens with zero attached hydrogens (tertiary/aromatic N) is 2. The van der Waals surface area contributed by atoms with E-state index in [-0.39, 0.29) is 6.61 Å². The number of carbonyl (C=O) groups excluding carboxylic acids is 1. The lowest BCUT2D eigenvalue weighted by Crippen LogP contribution is -2.16. The molecule has 0 aliphatic carbocycles. The van der Waals surface area contributed by atoms with Crippen molar-refractivity contribution in [2.24, 2.45) is 5.73 Å². The number of primary amides is 1. The maximum atomic E-state index is 10.4. The molecule has 1 amide bonds. The van der Waals surface area contributed by atoms with Crippen molar-refractivity contribution in [3.63, 3.8) is 0 Å². The number of aromatic nitrogens is 3. The fourth-order valence-corrected chi connectivity index (χ4v) is 1.72. The molecule has 2 rings (SSSR count). The van der Waals surface area contributed by atoms with Crippen molar-refractivity contribution >= 4 is 29.5 Å². The second-order valence-corrected chi connectivity index (χ2v) is 3.51. The Morgan fingerprint density at radius 2 is 2.50 bits per heavy atom. The minimum absolute atomic E-state index is 0.174. The lowest BCUT2D eigenvalue weighted by molar-refractivity contribution is 0.152. The third-order valence-corrected chi connectivity index (χ3v) is 2.41. The SMILES string of the molecule is NC(=O)OCCn1c(=S)[nH]c2cccnc21. The quantitative estimate of drug-likeness (QED) is 0.786. The average molecular weight is 238 g/mol. The van der Waals surface area contributed by atoms with Crippen LogP contribution in [0, 0.1) is 4.77 Å². The minimum Gasteiger partial charge on any atom is -0.448 e. The third kappa shape index (κ3) is 2.03. The van der Waals surface area contributed by atoms with Crippen molar-refractivity contribution in [3.05, 3.63) is 23.1 Å². The van der Waals surface area contributed by atoms with E-state index in [1.165, 1.54) is 0 Å². The highest BCUT2D eigenvalue weighted by Gasteiger charge is 2.04. The van der Waals surface area contributed by atoms with Gasteiger partial charge in [0.1, 0.15) is 6.61 Å². The van der Waals surface area contributed by atoms with E-state index in [0.29, 0.717) is 11.3 Å². The van der Waals surface area contributed by atoms with Gasteiger partial charge in [0, 0.05) is 6.20 Å². The summed E-state index contributed by atoms with van der Waals surface area (Å²) in [4.78, 5) is 17.6. The predicted molar refractivity (Wildman–Crippen MR) is 60.5 cm³/mol. The van der Waals surface area contributed by atoms with Crippen molar-refractivity contribution in [2.45, 2.75) is 6.54 Å². The summed E-state index contributed by atoms with van der Waals surface area (Å²) in [6.45, 7) is 0.603. The number of rotatable bonds is 3. The summed E-state index contributed by atoms with van der Waals surface area (Å²) in [5, 5.41) is 0. The van der Waals surface area contributed by atoms with E-state index in [0.717, 1.165) is 11.2 Å². The van der Waals surface area contributed by atoms with Crippen molar-refractivity contribution < 1.29 is 9.53 Å². The second-order valence-electron chi connectivity index (χ2n) is 3.12. The maximum absolute atomic E-state index is 10.4. The monoisotopic (exact) mass is 238 g/mol. The molecule has 0 fully saturated rings. The fraction of sp³-hybridized carbons (Fsp3) is 0.222. The van der Waals surface area contributed by atoms with E-state index in [9.17, 15) is 4.79 Å². The van der Waals surface area contributed by atoms with Crippen LogP contribution in [0.25, 0.3) is 11.2 Å². The number of nitrogens with two attached hydrogens (primary N) is 1. The molecule has 0 bridgehead atoms.